The minimum absolute atomic E-state index is 0.154. The fourth-order valence-electron chi connectivity index (χ4n) is 1.99. The van der Waals surface area contributed by atoms with Crippen LogP contribution >= 0.6 is 27.3 Å². The maximum Gasteiger partial charge on any atom is 0.287 e. The zero-order valence-corrected chi connectivity index (χ0v) is 13.2. The van der Waals surface area contributed by atoms with E-state index in [2.05, 4.69) is 27.3 Å². The summed E-state index contributed by atoms with van der Waals surface area (Å²) < 4.78 is 5.73. The fourth-order valence-corrected chi connectivity index (χ4v) is 3.20. The highest BCUT2D eigenvalue weighted by atomic mass is 79.9. The highest BCUT2D eigenvalue weighted by Gasteiger charge is 2.14. The maximum atomic E-state index is 11.8. The van der Waals surface area contributed by atoms with Gasteiger partial charge in [0.2, 0.25) is 0 Å². The largest absolute Gasteiger partial charge is 0.444 e. The molecule has 0 fully saturated rings. The van der Waals surface area contributed by atoms with Crippen LogP contribution in [-0.4, -0.2) is 24.2 Å². The van der Waals surface area contributed by atoms with E-state index in [-0.39, 0.29) is 18.4 Å². The van der Waals surface area contributed by atoms with Crippen molar-refractivity contribution in [3.63, 3.8) is 0 Å². The molecule has 0 radical (unpaired) electrons. The molecule has 2 N–H and O–H groups in total. The third-order valence-electron chi connectivity index (χ3n) is 3.00. The molecule has 6 heteroatoms. The summed E-state index contributed by atoms with van der Waals surface area (Å²) in [6.45, 7) is 0.710. The van der Waals surface area contributed by atoms with Crippen LogP contribution in [0, 0.1) is 0 Å². The molecule has 4 nitrogen and oxygen atoms in total. The Hall–Kier alpha value is -1.11. The first kappa shape index (κ1) is 15.3. The van der Waals surface area contributed by atoms with Crippen LogP contribution < -0.4 is 5.32 Å². The van der Waals surface area contributed by atoms with Gasteiger partial charge in [-0.2, -0.15) is 0 Å². The number of aliphatic hydroxyl groups is 1. The Bertz CT molecular complexity index is 538. The molecule has 0 spiro atoms. The number of carbonyl (C=O) groups excluding carboxylic acids is 1. The highest BCUT2D eigenvalue weighted by molar-refractivity contribution is 9.10. The molecule has 0 aliphatic carbocycles. The fraction of sp³-hybridized carbons (Fsp3) is 0.357. The standard InChI is InChI=1S/C14H16BrNO3S/c15-13-4-3-11(19-13)14(18)16-7-5-10(6-8-17)12-2-1-9-20-12/h1-4,9-10,17H,5-8H2,(H,16,18). The lowest BCUT2D eigenvalue weighted by molar-refractivity contribution is 0.0923. The number of furan rings is 1. The number of aliphatic hydroxyl groups excluding tert-OH is 1. The number of amides is 1. The van der Waals surface area contributed by atoms with Crippen molar-refractivity contribution in [2.45, 2.75) is 18.8 Å². The SMILES string of the molecule is O=C(NCCC(CCO)c1cccs1)c1ccc(Br)o1. The molecule has 1 atom stereocenters. The van der Waals surface area contributed by atoms with Crippen LogP contribution in [0.4, 0.5) is 0 Å². The Morgan fingerprint density at radius 3 is 2.85 bits per heavy atom. The first-order valence-corrected chi connectivity index (χ1v) is 8.05. The van der Waals surface area contributed by atoms with Crippen molar-refractivity contribution >= 4 is 33.2 Å². The van der Waals surface area contributed by atoms with E-state index in [9.17, 15) is 4.79 Å². The van der Waals surface area contributed by atoms with Crippen molar-refractivity contribution in [3.8, 4) is 0 Å². The lowest BCUT2D eigenvalue weighted by atomic mass is 10.00. The average molecular weight is 358 g/mol. The molecule has 2 rings (SSSR count). The van der Waals surface area contributed by atoms with Crippen molar-refractivity contribution in [3.05, 3.63) is 45.0 Å². The zero-order valence-electron chi connectivity index (χ0n) is 10.8. The van der Waals surface area contributed by atoms with Gasteiger partial charge in [0.05, 0.1) is 0 Å². The van der Waals surface area contributed by atoms with E-state index in [0.717, 1.165) is 6.42 Å². The molecule has 1 unspecified atom stereocenters. The van der Waals surface area contributed by atoms with E-state index in [0.29, 0.717) is 23.4 Å². The molecule has 0 bridgehead atoms. The van der Waals surface area contributed by atoms with Gasteiger partial charge in [0.25, 0.3) is 5.91 Å². The average Bonchev–Trinajstić information content (AvgIpc) is 3.08. The van der Waals surface area contributed by atoms with Crippen LogP contribution in [0.5, 0.6) is 0 Å². The third kappa shape index (κ3) is 4.19. The molecule has 0 aromatic carbocycles. The molecule has 2 heterocycles. The van der Waals surface area contributed by atoms with Crippen molar-refractivity contribution in [2.24, 2.45) is 0 Å². The van der Waals surface area contributed by atoms with Gasteiger partial charge in [-0.05, 0) is 58.3 Å². The van der Waals surface area contributed by atoms with Gasteiger partial charge in [0.15, 0.2) is 10.4 Å². The number of thiophene rings is 1. The van der Waals surface area contributed by atoms with Gasteiger partial charge in [-0.15, -0.1) is 11.3 Å². The molecule has 2 aromatic heterocycles. The number of hydrogen-bond donors (Lipinski definition) is 2. The molecular formula is C14H16BrNO3S. The predicted molar refractivity (Wildman–Crippen MR) is 82.1 cm³/mol. The highest BCUT2D eigenvalue weighted by Crippen LogP contribution is 2.26. The number of rotatable bonds is 7. The van der Waals surface area contributed by atoms with E-state index in [1.165, 1.54) is 4.88 Å². The topological polar surface area (TPSA) is 62.5 Å². The second-order valence-electron chi connectivity index (χ2n) is 4.37. The zero-order chi connectivity index (χ0) is 14.4. The first-order valence-electron chi connectivity index (χ1n) is 6.38. The lowest BCUT2D eigenvalue weighted by Gasteiger charge is -2.14. The summed E-state index contributed by atoms with van der Waals surface area (Å²) in [5, 5.41) is 14.0. The molecule has 0 aliphatic rings. The second kappa shape index (κ2) is 7.61. The monoisotopic (exact) mass is 357 g/mol. The van der Waals surface area contributed by atoms with E-state index in [4.69, 9.17) is 9.52 Å². The van der Waals surface area contributed by atoms with Gasteiger partial charge in [-0.25, -0.2) is 0 Å². The Kier molecular flexibility index (Phi) is 5.82. The quantitative estimate of drug-likeness (QED) is 0.798. The minimum atomic E-state index is -0.218. The van der Waals surface area contributed by atoms with Crippen molar-refractivity contribution in [1.29, 1.82) is 0 Å². The number of carbonyl (C=O) groups is 1. The molecular weight excluding hydrogens is 342 g/mol. The lowest BCUT2D eigenvalue weighted by Crippen LogP contribution is -2.25. The Morgan fingerprint density at radius 2 is 2.25 bits per heavy atom. The Morgan fingerprint density at radius 1 is 1.40 bits per heavy atom. The number of halogens is 1. The summed E-state index contributed by atoms with van der Waals surface area (Å²) in [6.07, 6.45) is 1.51. The van der Waals surface area contributed by atoms with E-state index >= 15 is 0 Å². The summed E-state index contributed by atoms with van der Waals surface area (Å²) in [4.78, 5) is 13.1. The molecule has 20 heavy (non-hydrogen) atoms. The molecule has 2 aromatic rings. The summed E-state index contributed by atoms with van der Waals surface area (Å²) >= 11 is 4.85. The van der Waals surface area contributed by atoms with Gasteiger partial charge < -0.3 is 14.8 Å². The van der Waals surface area contributed by atoms with Crippen LogP contribution in [0.1, 0.15) is 34.2 Å². The summed E-state index contributed by atoms with van der Waals surface area (Å²) in [7, 11) is 0. The van der Waals surface area contributed by atoms with Crippen molar-refractivity contribution in [1.82, 2.24) is 5.32 Å². The minimum Gasteiger partial charge on any atom is -0.444 e. The summed E-state index contributed by atoms with van der Waals surface area (Å²) in [5.74, 6) is 0.361. The first-order chi connectivity index (χ1) is 9.70. The van der Waals surface area contributed by atoms with E-state index < -0.39 is 0 Å². The molecule has 108 valence electrons. The van der Waals surface area contributed by atoms with Gasteiger partial charge in [0, 0.05) is 18.0 Å². The van der Waals surface area contributed by atoms with Gasteiger partial charge in [0.1, 0.15) is 0 Å². The maximum absolute atomic E-state index is 11.8. The number of nitrogens with one attached hydrogen (secondary N) is 1. The summed E-state index contributed by atoms with van der Waals surface area (Å²) in [5.41, 5.74) is 0. The number of hydrogen-bond acceptors (Lipinski definition) is 4. The molecule has 0 saturated carbocycles. The van der Waals surface area contributed by atoms with Crippen LogP contribution in [-0.2, 0) is 0 Å². The Balaban J connectivity index is 1.83. The van der Waals surface area contributed by atoms with Crippen LogP contribution in [0.3, 0.4) is 0 Å². The molecule has 1 amide bonds. The Labute approximate surface area is 129 Å². The van der Waals surface area contributed by atoms with Crippen LogP contribution in [0.25, 0.3) is 0 Å². The van der Waals surface area contributed by atoms with Gasteiger partial charge in [-0.3, -0.25) is 4.79 Å². The summed E-state index contributed by atoms with van der Waals surface area (Å²) in [6, 6.07) is 7.39. The smallest absolute Gasteiger partial charge is 0.287 e. The normalized spacial score (nSPS) is 12.3. The second-order valence-corrected chi connectivity index (χ2v) is 6.13. The molecule has 0 saturated heterocycles. The van der Waals surface area contributed by atoms with E-state index in [1.807, 2.05) is 11.4 Å². The van der Waals surface area contributed by atoms with Crippen LogP contribution in [0.2, 0.25) is 0 Å². The van der Waals surface area contributed by atoms with Crippen molar-refractivity contribution in [2.75, 3.05) is 13.2 Å². The molecule has 0 aliphatic heterocycles. The van der Waals surface area contributed by atoms with Gasteiger partial charge in [-0.1, -0.05) is 6.07 Å². The van der Waals surface area contributed by atoms with Gasteiger partial charge >= 0.3 is 0 Å². The van der Waals surface area contributed by atoms with Crippen LogP contribution in [0.15, 0.2) is 38.7 Å². The third-order valence-corrected chi connectivity index (χ3v) is 4.46. The van der Waals surface area contributed by atoms with Crippen molar-refractivity contribution < 1.29 is 14.3 Å². The predicted octanol–water partition coefficient (Wildman–Crippen LogP) is 3.39. The van der Waals surface area contributed by atoms with E-state index in [1.54, 1.807) is 23.5 Å².